The minimum atomic E-state index is 0.554. The van der Waals surface area contributed by atoms with Gasteiger partial charge in [0.2, 0.25) is 0 Å². The maximum Gasteiger partial charge on any atom is 0.00731 e. The van der Waals surface area contributed by atoms with Gasteiger partial charge in [0.1, 0.15) is 0 Å². The van der Waals surface area contributed by atoms with Gasteiger partial charge in [-0.1, -0.05) is 36.4 Å². The van der Waals surface area contributed by atoms with Crippen LogP contribution in [0.4, 0.5) is 0 Å². The van der Waals surface area contributed by atoms with Crippen molar-refractivity contribution in [3.63, 3.8) is 0 Å². The average Bonchev–Trinajstić information content (AvgIpc) is 2.26. The zero-order chi connectivity index (χ0) is 10.9. The van der Waals surface area contributed by atoms with Gasteiger partial charge in [0, 0.05) is 6.04 Å². The molecule has 0 aliphatic rings. The van der Waals surface area contributed by atoms with Gasteiger partial charge in [-0.05, 0) is 38.3 Å². The standard InChI is InChI=1S/C14H21N/c1-3-8-13(2)15-12-7-11-14-9-5-4-6-10-14/h3-6,9-10,13,15H,1,7-8,11-12H2,2H3. The highest BCUT2D eigenvalue weighted by molar-refractivity contribution is 5.14. The third-order valence-electron chi connectivity index (χ3n) is 2.50. The molecule has 0 spiro atoms. The molecule has 0 aliphatic carbocycles. The molecule has 0 aromatic heterocycles. The average molecular weight is 203 g/mol. The Labute approximate surface area is 93.2 Å². The molecular weight excluding hydrogens is 182 g/mol. The van der Waals surface area contributed by atoms with Gasteiger partial charge in [-0.2, -0.15) is 0 Å². The largest absolute Gasteiger partial charge is 0.314 e. The summed E-state index contributed by atoms with van der Waals surface area (Å²) in [7, 11) is 0. The lowest BCUT2D eigenvalue weighted by atomic mass is 10.1. The summed E-state index contributed by atoms with van der Waals surface area (Å²) < 4.78 is 0. The lowest BCUT2D eigenvalue weighted by Gasteiger charge is -2.11. The second-order valence-corrected chi connectivity index (χ2v) is 3.97. The van der Waals surface area contributed by atoms with Crippen LogP contribution in [0, 0.1) is 0 Å². The van der Waals surface area contributed by atoms with Gasteiger partial charge in [-0.3, -0.25) is 0 Å². The van der Waals surface area contributed by atoms with Crippen molar-refractivity contribution in [3.05, 3.63) is 48.6 Å². The van der Waals surface area contributed by atoms with E-state index in [4.69, 9.17) is 0 Å². The molecule has 1 aromatic carbocycles. The van der Waals surface area contributed by atoms with E-state index in [-0.39, 0.29) is 0 Å². The van der Waals surface area contributed by atoms with Crippen LogP contribution in [0.15, 0.2) is 43.0 Å². The van der Waals surface area contributed by atoms with E-state index in [1.165, 1.54) is 12.0 Å². The zero-order valence-electron chi connectivity index (χ0n) is 9.58. The van der Waals surface area contributed by atoms with Crippen LogP contribution in [0.2, 0.25) is 0 Å². The first kappa shape index (κ1) is 12.0. The predicted octanol–water partition coefficient (Wildman–Crippen LogP) is 3.17. The van der Waals surface area contributed by atoms with Crippen LogP contribution < -0.4 is 5.32 Å². The Morgan fingerprint density at radius 1 is 1.33 bits per heavy atom. The highest BCUT2D eigenvalue weighted by atomic mass is 14.9. The molecule has 0 amide bonds. The molecule has 1 heteroatoms. The van der Waals surface area contributed by atoms with Crippen LogP contribution in [0.3, 0.4) is 0 Å². The zero-order valence-corrected chi connectivity index (χ0v) is 9.58. The van der Waals surface area contributed by atoms with Crippen molar-refractivity contribution in [1.29, 1.82) is 0 Å². The Kier molecular flexibility index (Phi) is 5.79. The van der Waals surface area contributed by atoms with E-state index < -0.39 is 0 Å². The number of hydrogen-bond donors (Lipinski definition) is 1. The molecule has 1 nitrogen and oxygen atoms in total. The summed E-state index contributed by atoms with van der Waals surface area (Å²) in [5, 5.41) is 3.48. The molecule has 1 rings (SSSR count). The fourth-order valence-electron chi connectivity index (χ4n) is 1.62. The SMILES string of the molecule is C=CCC(C)NCCCc1ccccc1. The van der Waals surface area contributed by atoms with Gasteiger partial charge >= 0.3 is 0 Å². The normalized spacial score (nSPS) is 12.3. The van der Waals surface area contributed by atoms with Crippen LogP contribution in [0.25, 0.3) is 0 Å². The van der Waals surface area contributed by atoms with Gasteiger partial charge in [0.15, 0.2) is 0 Å². The van der Waals surface area contributed by atoms with E-state index in [1.54, 1.807) is 0 Å². The first-order valence-corrected chi connectivity index (χ1v) is 5.71. The predicted molar refractivity (Wildman–Crippen MR) is 67.0 cm³/mol. The molecule has 0 radical (unpaired) electrons. The Balaban J connectivity index is 2.09. The number of hydrogen-bond acceptors (Lipinski definition) is 1. The highest BCUT2D eigenvalue weighted by Crippen LogP contribution is 2.01. The molecule has 82 valence electrons. The molecule has 0 saturated heterocycles. The molecule has 0 saturated carbocycles. The minimum absolute atomic E-state index is 0.554. The van der Waals surface area contributed by atoms with E-state index >= 15 is 0 Å². The molecule has 1 N–H and O–H groups in total. The summed E-state index contributed by atoms with van der Waals surface area (Å²) in [6, 6.07) is 11.2. The Hall–Kier alpha value is -1.08. The molecule has 0 fully saturated rings. The van der Waals surface area contributed by atoms with Crippen molar-refractivity contribution in [2.45, 2.75) is 32.2 Å². The second-order valence-electron chi connectivity index (χ2n) is 3.97. The fraction of sp³-hybridized carbons (Fsp3) is 0.429. The van der Waals surface area contributed by atoms with E-state index in [9.17, 15) is 0 Å². The molecule has 1 aromatic rings. The summed E-state index contributed by atoms with van der Waals surface area (Å²) in [5.41, 5.74) is 1.43. The number of nitrogens with one attached hydrogen (secondary N) is 1. The quantitative estimate of drug-likeness (QED) is 0.530. The summed E-state index contributed by atoms with van der Waals surface area (Å²) in [5.74, 6) is 0. The Morgan fingerprint density at radius 3 is 2.73 bits per heavy atom. The van der Waals surface area contributed by atoms with E-state index in [2.05, 4.69) is 49.2 Å². The van der Waals surface area contributed by atoms with Crippen molar-refractivity contribution >= 4 is 0 Å². The lowest BCUT2D eigenvalue weighted by molar-refractivity contribution is 0.541. The Bertz CT molecular complexity index is 266. The van der Waals surface area contributed by atoms with Gasteiger partial charge in [-0.15, -0.1) is 6.58 Å². The monoisotopic (exact) mass is 203 g/mol. The van der Waals surface area contributed by atoms with Crippen molar-refractivity contribution < 1.29 is 0 Å². The first-order valence-electron chi connectivity index (χ1n) is 5.71. The fourth-order valence-corrected chi connectivity index (χ4v) is 1.62. The van der Waals surface area contributed by atoms with E-state index in [0.717, 1.165) is 19.4 Å². The molecule has 1 atom stereocenters. The molecule has 1 unspecified atom stereocenters. The summed E-state index contributed by atoms with van der Waals surface area (Å²) in [6.45, 7) is 7.02. The van der Waals surface area contributed by atoms with Crippen molar-refractivity contribution in [2.75, 3.05) is 6.54 Å². The topological polar surface area (TPSA) is 12.0 Å². The van der Waals surface area contributed by atoms with Crippen LogP contribution in [0.1, 0.15) is 25.3 Å². The summed E-state index contributed by atoms with van der Waals surface area (Å²) in [6.07, 6.45) is 5.38. The molecule has 15 heavy (non-hydrogen) atoms. The Morgan fingerprint density at radius 2 is 2.07 bits per heavy atom. The van der Waals surface area contributed by atoms with Crippen molar-refractivity contribution in [2.24, 2.45) is 0 Å². The van der Waals surface area contributed by atoms with Gasteiger partial charge in [0.25, 0.3) is 0 Å². The molecular formula is C14H21N. The van der Waals surface area contributed by atoms with Crippen LogP contribution >= 0.6 is 0 Å². The number of rotatable bonds is 7. The van der Waals surface area contributed by atoms with Crippen LogP contribution in [-0.2, 0) is 6.42 Å². The second kappa shape index (κ2) is 7.24. The van der Waals surface area contributed by atoms with E-state index in [0.29, 0.717) is 6.04 Å². The van der Waals surface area contributed by atoms with Gasteiger partial charge in [-0.25, -0.2) is 0 Å². The van der Waals surface area contributed by atoms with E-state index in [1.807, 2.05) is 6.08 Å². The third kappa shape index (κ3) is 5.38. The summed E-state index contributed by atoms with van der Waals surface area (Å²) >= 11 is 0. The van der Waals surface area contributed by atoms with Gasteiger partial charge < -0.3 is 5.32 Å². The van der Waals surface area contributed by atoms with Gasteiger partial charge in [0.05, 0.1) is 0 Å². The number of aryl methyl sites for hydroxylation is 1. The minimum Gasteiger partial charge on any atom is -0.314 e. The molecule has 0 bridgehead atoms. The smallest absolute Gasteiger partial charge is 0.00731 e. The van der Waals surface area contributed by atoms with Crippen LogP contribution in [0.5, 0.6) is 0 Å². The first-order chi connectivity index (χ1) is 7.33. The molecule has 0 heterocycles. The molecule has 0 aliphatic heterocycles. The third-order valence-corrected chi connectivity index (χ3v) is 2.50. The van der Waals surface area contributed by atoms with Crippen molar-refractivity contribution in [3.8, 4) is 0 Å². The lowest BCUT2D eigenvalue weighted by Crippen LogP contribution is -2.26. The number of benzene rings is 1. The van der Waals surface area contributed by atoms with Crippen molar-refractivity contribution in [1.82, 2.24) is 5.32 Å². The maximum absolute atomic E-state index is 3.74. The van der Waals surface area contributed by atoms with Crippen LogP contribution in [-0.4, -0.2) is 12.6 Å². The maximum atomic E-state index is 3.74. The highest BCUT2D eigenvalue weighted by Gasteiger charge is 1.97. The summed E-state index contributed by atoms with van der Waals surface area (Å²) in [4.78, 5) is 0.